The van der Waals surface area contributed by atoms with E-state index in [9.17, 15) is 0 Å². The average Bonchev–Trinajstić information content (AvgIpc) is 2.41. The highest BCUT2D eigenvalue weighted by atomic mass is 16.5. The standard InChI is InChI=1S/C7H14O3.H3N/c8-3-5-9-6-7-2-1-4-10-7;/h7-8H,1-6H2;1H3. The van der Waals surface area contributed by atoms with Crippen LogP contribution in [-0.2, 0) is 9.47 Å². The topological polar surface area (TPSA) is 73.7 Å². The van der Waals surface area contributed by atoms with Crippen molar-refractivity contribution in [3.8, 4) is 0 Å². The largest absolute Gasteiger partial charge is 0.394 e. The van der Waals surface area contributed by atoms with Crippen LogP contribution in [-0.4, -0.2) is 37.6 Å². The van der Waals surface area contributed by atoms with E-state index >= 15 is 0 Å². The number of hydrogen-bond acceptors (Lipinski definition) is 4. The van der Waals surface area contributed by atoms with E-state index in [1.54, 1.807) is 0 Å². The SMILES string of the molecule is N.OCCOCC1CCCO1. The first-order valence-electron chi connectivity index (χ1n) is 3.73. The maximum atomic E-state index is 8.37. The monoisotopic (exact) mass is 163 g/mol. The molecule has 0 aromatic carbocycles. The lowest BCUT2D eigenvalue weighted by Crippen LogP contribution is -2.15. The van der Waals surface area contributed by atoms with Crippen LogP contribution in [0.3, 0.4) is 0 Å². The number of ether oxygens (including phenoxy) is 2. The Kier molecular flexibility index (Phi) is 6.45. The molecule has 11 heavy (non-hydrogen) atoms. The Morgan fingerprint density at radius 2 is 2.36 bits per heavy atom. The fourth-order valence-corrected chi connectivity index (χ4v) is 1.06. The first kappa shape index (κ1) is 10.8. The summed E-state index contributed by atoms with van der Waals surface area (Å²) in [5.74, 6) is 0. The zero-order valence-corrected chi connectivity index (χ0v) is 6.79. The Bertz CT molecular complexity index is 83.8. The molecule has 1 saturated heterocycles. The molecule has 0 bridgehead atoms. The van der Waals surface area contributed by atoms with E-state index in [-0.39, 0.29) is 18.9 Å². The van der Waals surface area contributed by atoms with Crippen molar-refractivity contribution in [1.29, 1.82) is 0 Å². The van der Waals surface area contributed by atoms with Crippen LogP contribution in [0.5, 0.6) is 0 Å². The molecule has 1 atom stereocenters. The smallest absolute Gasteiger partial charge is 0.0809 e. The lowest BCUT2D eigenvalue weighted by Gasteiger charge is -2.08. The third kappa shape index (κ3) is 4.31. The molecule has 0 spiro atoms. The normalized spacial score (nSPS) is 23.2. The fraction of sp³-hybridized carbons (Fsp3) is 1.00. The van der Waals surface area contributed by atoms with Gasteiger partial charge in [0.1, 0.15) is 0 Å². The number of aliphatic hydroxyl groups is 1. The Morgan fingerprint density at radius 1 is 1.55 bits per heavy atom. The molecule has 1 unspecified atom stereocenters. The van der Waals surface area contributed by atoms with Crippen molar-refractivity contribution in [3.63, 3.8) is 0 Å². The maximum Gasteiger partial charge on any atom is 0.0809 e. The van der Waals surface area contributed by atoms with Gasteiger partial charge in [0, 0.05) is 6.61 Å². The lowest BCUT2D eigenvalue weighted by atomic mass is 10.2. The van der Waals surface area contributed by atoms with Crippen LogP contribution in [0, 0.1) is 0 Å². The molecule has 0 amide bonds. The van der Waals surface area contributed by atoms with Crippen molar-refractivity contribution in [2.45, 2.75) is 18.9 Å². The molecule has 1 fully saturated rings. The fourth-order valence-electron chi connectivity index (χ4n) is 1.06. The van der Waals surface area contributed by atoms with Gasteiger partial charge in [0.05, 0.1) is 25.9 Å². The van der Waals surface area contributed by atoms with Crippen molar-refractivity contribution in [2.75, 3.05) is 26.4 Å². The molecule has 4 N–H and O–H groups in total. The summed E-state index contributed by atoms with van der Waals surface area (Å²) < 4.78 is 10.4. The Hall–Kier alpha value is -0.160. The summed E-state index contributed by atoms with van der Waals surface area (Å²) in [5, 5.41) is 8.37. The van der Waals surface area contributed by atoms with Crippen molar-refractivity contribution < 1.29 is 14.6 Å². The number of aliphatic hydroxyl groups excluding tert-OH is 1. The third-order valence-electron chi connectivity index (χ3n) is 1.56. The Morgan fingerprint density at radius 3 is 2.91 bits per heavy atom. The van der Waals surface area contributed by atoms with Crippen molar-refractivity contribution in [3.05, 3.63) is 0 Å². The van der Waals surface area contributed by atoms with E-state index in [2.05, 4.69) is 0 Å². The summed E-state index contributed by atoms with van der Waals surface area (Å²) in [6.45, 7) is 2.04. The second kappa shape index (κ2) is 6.54. The van der Waals surface area contributed by atoms with Gasteiger partial charge >= 0.3 is 0 Å². The summed E-state index contributed by atoms with van der Waals surface area (Å²) >= 11 is 0. The van der Waals surface area contributed by atoms with Crippen LogP contribution in [0.2, 0.25) is 0 Å². The minimum atomic E-state index is 0. The van der Waals surface area contributed by atoms with Crippen molar-refractivity contribution in [1.82, 2.24) is 6.15 Å². The second-order valence-electron chi connectivity index (χ2n) is 2.43. The molecule has 0 aromatic rings. The van der Waals surface area contributed by atoms with Crippen LogP contribution in [0.25, 0.3) is 0 Å². The molecular formula is C7H17NO3. The second-order valence-corrected chi connectivity index (χ2v) is 2.43. The predicted molar refractivity (Wildman–Crippen MR) is 41.9 cm³/mol. The summed E-state index contributed by atoms with van der Waals surface area (Å²) in [6.07, 6.45) is 2.53. The van der Waals surface area contributed by atoms with Crippen LogP contribution in [0.1, 0.15) is 12.8 Å². The molecule has 4 nitrogen and oxygen atoms in total. The van der Waals surface area contributed by atoms with Gasteiger partial charge in [0.2, 0.25) is 0 Å². The van der Waals surface area contributed by atoms with Crippen molar-refractivity contribution >= 4 is 0 Å². The van der Waals surface area contributed by atoms with Gasteiger partial charge in [-0.2, -0.15) is 0 Å². The highest BCUT2D eigenvalue weighted by molar-refractivity contribution is 4.62. The van der Waals surface area contributed by atoms with Gasteiger partial charge in [-0.1, -0.05) is 0 Å². The minimum absolute atomic E-state index is 0. The third-order valence-corrected chi connectivity index (χ3v) is 1.56. The highest BCUT2D eigenvalue weighted by Gasteiger charge is 2.14. The number of hydrogen-bond donors (Lipinski definition) is 2. The van der Waals surface area contributed by atoms with Gasteiger partial charge in [-0.05, 0) is 12.8 Å². The molecule has 68 valence electrons. The summed E-state index contributed by atoms with van der Waals surface area (Å²) in [6, 6.07) is 0. The van der Waals surface area contributed by atoms with Gasteiger partial charge in [-0.25, -0.2) is 0 Å². The molecule has 0 aromatic heterocycles. The highest BCUT2D eigenvalue weighted by Crippen LogP contribution is 2.11. The molecule has 1 heterocycles. The molecule has 0 radical (unpaired) electrons. The maximum absolute atomic E-state index is 8.37. The van der Waals surface area contributed by atoms with Crippen LogP contribution >= 0.6 is 0 Å². The zero-order valence-electron chi connectivity index (χ0n) is 6.79. The summed E-state index contributed by atoms with van der Waals surface area (Å²) in [4.78, 5) is 0. The van der Waals surface area contributed by atoms with E-state index < -0.39 is 0 Å². The molecule has 0 saturated carbocycles. The lowest BCUT2D eigenvalue weighted by molar-refractivity contribution is 0.00603. The van der Waals surface area contributed by atoms with Gasteiger partial charge in [0.15, 0.2) is 0 Å². The van der Waals surface area contributed by atoms with Gasteiger partial charge < -0.3 is 20.7 Å². The first-order chi connectivity index (χ1) is 4.93. The minimum Gasteiger partial charge on any atom is -0.394 e. The van der Waals surface area contributed by atoms with E-state index in [1.165, 1.54) is 0 Å². The average molecular weight is 163 g/mol. The molecule has 1 rings (SSSR count). The van der Waals surface area contributed by atoms with E-state index in [0.717, 1.165) is 19.4 Å². The van der Waals surface area contributed by atoms with E-state index in [0.29, 0.717) is 13.2 Å². The molecule has 4 heteroatoms. The number of rotatable bonds is 4. The Labute approximate surface area is 67.1 Å². The molecule has 1 aliphatic rings. The van der Waals surface area contributed by atoms with Crippen LogP contribution in [0.4, 0.5) is 0 Å². The van der Waals surface area contributed by atoms with E-state index in [1.807, 2.05) is 0 Å². The molecular weight excluding hydrogens is 146 g/mol. The summed E-state index contributed by atoms with van der Waals surface area (Å²) in [7, 11) is 0. The molecule has 1 aliphatic heterocycles. The van der Waals surface area contributed by atoms with Crippen LogP contribution in [0.15, 0.2) is 0 Å². The quantitative estimate of drug-likeness (QED) is 0.586. The zero-order chi connectivity index (χ0) is 7.23. The Balaban J connectivity index is 0.000001000. The first-order valence-corrected chi connectivity index (χ1v) is 3.73. The van der Waals surface area contributed by atoms with E-state index in [4.69, 9.17) is 14.6 Å². The van der Waals surface area contributed by atoms with Crippen molar-refractivity contribution in [2.24, 2.45) is 0 Å². The van der Waals surface area contributed by atoms with Gasteiger partial charge in [-0.3, -0.25) is 0 Å². The predicted octanol–water partition coefficient (Wildman–Crippen LogP) is 0.336. The summed E-state index contributed by atoms with van der Waals surface area (Å²) in [5.41, 5.74) is 0. The molecule has 0 aliphatic carbocycles. The van der Waals surface area contributed by atoms with Crippen LogP contribution < -0.4 is 6.15 Å². The van der Waals surface area contributed by atoms with Gasteiger partial charge in [0.25, 0.3) is 0 Å². The van der Waals surface area contributed by atoms with Gasteiger partial charge in [-0.15, -0.1) is 0 Å².